The van der Waals surface area contributed by atoms with Crippen LogP contribution in [0.1, 0.15) is 29.4 Å². The van der Waals surface area contributed by atoms with E-state index in [1.54, 1.807) is 12.4 Å². The number of nitrogens with zero attached hydrogens (tertiary/aromatic N) is 4. The molecule has 0 aliphatic carbocycles. The van der Waals surface area contributed by atoms with E-state index in [4.69, 9.17) is 0 Å². The van der Waals surface area contributed by atoms with E-state index in [0.29, 0.717) is 0 Å². The minimum absolute atomic E-state index is 0.0843. The fourth-order valence-corrected chi connectivity index (χ4v) is 2.13. The molecule has 0 amide bonds. The van der Waals surface area contributed by atoms with Gasteiger partial charge in [0, 0.05) is 12.4 Å². The molecule has 2 heterocycles. The molecule has 5 nitrogen and oxygen atoms in total. The van der Waals surface area contributed by atoms with Crippen LogP contribution >= 0.6 is 11.3 Å². The molecule has 2 aromatic rings. The van der Waals surface area contributed by atoms with E-state index in [1.807, 2.05) is 20.8 Å². The maximum atomic E-state index is 4.31. The van der Waals surface area contributed by atoms with Crippen LogP contribution in [0.2, 0.25) is 0 Å². The zero-order valence-corrected chi connectivity index (χ0v) is 10.2. The molecule has 1 N–H and O–H groups in total. The van der Waals surface area contributed by atoms with Crippen LogP contribution in [-0.4, -0.2) is 20.2 Å². The van der Waals surface area contributed by atoms with E-state index in [1.165, 1.54) is 11.3 Å². The molecule has 0 saturated heterocycles. The van der Waals surface area contributed by atoms with Gasteiger partial charge in [-0.05, 0) is 20.8 Å². The third-order valence-corrected chi connectivity index (χ3v) is 2.97. The second-order valence-corrected chi connectivity index (χ2v) is 4.70. The van der Waals surface area contributed by atoms with Gasteiger partial charge in [0.05, 0.1) is 17.4 Å². The average molecular weight is 235 g/mol. The molecule has 0 saturated carbocycles. The van der Waals surface area contributed by atoms with Crippen molar-refractivity contribution in [2.24, 2.45) is 0 Å². The fraction of sp³-hybridized carbons (Fsp3) is 0.400. The molecule has 0 fully saturated rings. The second kappa shape index (κ2) is 4.52. The van der Waals surface area contributed by atoms with Crippen molar-refractivity contribution in [3.63, 3.8) is 0 Å². The van der Waals surface area contributed by atoms with Gasteiger partial charge in [-0.3, -0.25) is 9.97 Å². The Bertz CT molecular complexity index is 482. The molecule has 0 spiro atoms. The van der Waals surface area contributed by atoms with E-state index in [9.17, 15) is 0 Å². The van der Waals surface area contributed by atoms with Gasteiger partial charge in [-0.1, -0.05) is 11.3 Å². The summed E-state index contributed by atoms with van der Waals surface area (Å²) in [6, 6.07) is 0.0843. The Morgan fingerprint density at radius 1 is 1.19 bits per heavy atom. The van der Waals surface area contributed by atoms with Gasteiger partial charge in [-0.15, -0.1) is 10.2 Å². The van der Waals surface area contributed by atoms with E-state index >= 15 is 0 Å². The van der Waals surface area contributed by atoms with Crippen LogP contribution in [0.3, 0.4) is 0 Å². The molecule has 2 rings (SSSR count). The quantitative estimate of drug-likeness (QED) is 0.882. The summed E-state index contributed by atoms with van der Waals surface area (Å²) in [5, 5.41) is 13.0. The van der Waals surface area contributed by atoms with Gasteiger partial charge < -0.3 is 5.32 Å². The lowest BCUT2D eigenvalue weighted by atomic mass is 10.2. The zero-order chi connectivity index (χ0) is 11.5. The molecule has 6 heteroatoms. The summed E-state index contributed by atoms with van der Waals surface area (Å²) in [6.45, 7) is 5.92. The summed E-state index contributed by atoms with van der Waals surface area (Å²) in [5.41, 5.74) is 1.87. The molecule has 84 valence electrons. The first-order valence-electron chi connectivity index (χ1n) is 5.01. The van der Waals surface area contributed by atoms with Crippen molar-refractivity contribution in [2.45, 2.75) is 26.8 Å². The zero-order valence-electron chi connectivity index (χ0n) is 9.43. The summed E-state index contributed by atoms with van der Waals surface area (Å²) in [7, 11) is 0. The van der Waals surface area contributed by atoms with E-state index in [2.05, 4.69) is 25.5 Å². The normalized spacial score (nSPS) is 12.4. The van der Waals surface area contributed by atoms with Gasteiger partial charge in [0.15, 0.2) is 0 Å². The second-order valence-electron chi connectivity index (χ2n) is 3.52. The van der Waals surface area contributed by atoms with Crippen molar-refractivity contribution in [3.05, 3.63) is 28.8 Å². The van der Waals surface area contributed by atoms with Crippen LogP contribution in [0, 0.1) is 13.8 Å². The molecule has 0 bridgehead atoms. The molecule has 1 unspecified atom stereocenters. The lowest BCUT2D eigenvalue weighted by Crippen LogP contribution is -2.10. The van der Waals surface area contributed by atoms with Gasteiger partial charge in [-0.2, -0.15) is 0 Å². The first-order chi connectivity index (χ1) is 7.66. The van der Waals surface area contributed by atoms with Crippen molar-refractivity contribution < 1.29 is 0 Å². The summed E-state index contributed by atoms with van der Waals surface area (Å²) < 4.78 is 0. The highest BCUT2D eigenvalue weighted by atomic mass is 32.1. The van der Waals surface area contributed by atoms with Gasteiger partial charge in [-0.25, -0.2) is 0 Å². The minimum Gasteiger partial charge on any atom is -0.352 e. The Balaban J connectivity index is 2.14. The SMILES string of the molecule is Cc1nnc(NC(C)c2nccnc2C)s1. The van der Waals surface area contributed by atoms with Gasteiger partial charge >= 0.3 is 0 Å². The molecule has 1 atom stereocenters. The Hall–Kier alpha value is -1.56. The Morgan fingerprint density at radius 3 is 2.56 bits per heavy atom. The highest BCUT2D eigenvalue weighted by Crippen LogP contribution is 2.21. The van der Waals surface area contributed by atoms with Crippen LogP contribution in [0.5, 0.6) is 0 Å². The molecule has 0 aliphatic heterocycles. The number of aromatic nitrogens is 4. The molecular weight excluding hydrogens is 222 g/mol. The van der Waals surface area contributed by atoms with E-state index in [0.717, 1.165) is 21.5 Å². The average Bonchev–Trinajstić information content (AvgIpc) is 2.64. The third kappa shape index (κ3) is 2.33. The monoisotopic (exact) mass is 235 g/mol. The van der Waals surface area contributed by atoms with E-state index in [-0.39, 0.29) is 6.04 Å². The van der Waals surface area contributed by atoms with Crippen molar-refractivity contribution in [3.8, 4) is 0 Å². The fourth-order valence-electron chi connectivity index (χ4n) is 1.45. The number of rotatable bonds is 3. The van der Waals surface area contributed by atoms with Crippen LogP contribution in [0.15, 0.2) is 12.4 Å². The summed E-state index contributed by atoms with van der Waals surface area (Å²) in [6.07, 6.45) is 3.40. The van der Waals surface area contributed by atoms with Crippen LogP contribution in [0.25, 0.3) is 0 Å². The number of hydrogen-bond donors (Lipinski definition) is 1. The first-order valence-corrected chi connectivity index (χ1v) is 5.82. The number of nitrogens with one attached hydrogen (secondary N) is 1. The van der Waals surface area contributed by atoms with Gasteiger partial charge in [0.1, 0.15) is 5.01 Å². The smallest absolute Gasteiger partial charge is 0.206 e. The number of anilines is 1. The lowest BCUT2D eigenvalue weighted by Gasteiger charge is -2.13. The van der Waals surface area contributed by atoms with Crippen molar-refractivity contribution in [1.29, 1.82) is 0 Å². The predicted molar refractivity (Wildman–Crippen MR) is 63.5 cm³/mol. The summed E-state index contributed by atoms with van der Waals surface area (Å²) in [5.74, 6) is 0. The van der Waals surface area contributed by atoms with Crippen LogP contribution in [-0.2, 0) is 0 Å². The molecule has 16 heavy (non-hydrogen) atoms. The standard InChI is InChI=1S/C10H13N5S/c1-6-9(12-5-4-11-6)7(2)13-10-15-14-8(3)16-10/h4-5,7H,1-3H3,(H,13,15). The third-order valence-electron chi connectivity index (χ3n) is 2.20. The Morgan fingerprint density at radius 2 is 1.94 bits per heavy atom. The molecule has 2 aromatic heterocycles. The highest BCUT2D eigenvalue weighted by Gasteiger charge is 2.12. The molecule has 0 aromatic carbocycles. The van der Waals surface area contributed by atoms with Crippen LogP contribution < -0.4 is 5.32 Å². The number of aryl methyl sites for hydroxylation is 2. The maximum Gasteiger partial charge on any atom is 0.206 e. The van der Waals surface area contributed by atoms with Gasteiger partial charge in [0.25, 0.3) is 0 Å². The lowest BCUT2D eigenvalue weighted by molar-refractivity contribution is 0.804. The Kier molecular flexibility index (Phi) is 3.09. The largest absolute Gasteiger partial charge is 0.352 e. The van der Waals surface area contributed by atoms with Gasteiger partial charge in [0.2, 0.25) is 5.13 Å². The summed E-state index contributed by atoms with van der Waals surface area (Å²) in [4.78, 5) is 8.52. The predicted octanol–water partition coefficient (Wildman–Crippen LogP) is 2.12. The van der Waals surface area contributed by atoms with Crippen LogP contribution in [0.4, 0.5) is 5.13 Å². The van der Waals surface area contributed by atoms with Crippen molar-refractivity contribution in [2.75, 3.05) is 5.32 Å². The molecule has 0 radical (unpaired) electrons. The summed E-state index contributed by atoms with van der Waals surface area (Å²) >= 11 is 1.54. The first kappa shape index (κ1) is 10.9. The molecular formula is C10H13N5S. The van der Waals surface area contributed by atoms with Crippen molar-refractivity contribution >= 4 is 16.5 Å². The highest BCUT2D eigenvalue weighted by molar-refractivity contribution is 7.15. The topological polar surface area (TPSA) is 63.6 Å². The molecule has 0 aliphatic rings. The number of hydrogen-bond acceptors (Lipinski definition) is 6. The minimum atomic E-state index is 0.0843. The Labute approximate surface area is 98.0 Å². The van der Waals surface area contributed by atoms with Crippen molar-refractivity contribution in [1.82, 2.24) is 20.2 Å². The maximum absolute atomic E-state index is 4.31. The van der Waals surface area contributed by atoms with E-state index < -0.39 is 0 Å².